The molecule has 0 aliphatic heterocycles. The predicted molar refractivity (Wildman–Crippen MR) is 79.0 cm³/mol. The lowest BCUT2D eigenvalue weighted by Crippen LogP contribution is -2.22. The molecule has 0 aliphatic rings. The number of nitrogens with one attached hydrogen (secondary N) is 1. The summed E-state index contributed by atoms with van der Waals surface area (Å²) < 4.78 is 1.56. The summed E-state index contributed by atoms with van der Waals surface area (Å²) >= 11 is 8.15. The van der Waals surface area contributed by atoms with Gasteiger partial charge in [-0.05, 0) is 61.5 Å². The van der Waals surface area contributed by atoms with Crippen LogP contribution in [0.4, 0.5) is 0 Å². The second-order valence-electron chi connectivity index (χ2n) is 3.54. The molecular formula is C12H9Br2NO2S. The van der Waals surface area contributed by atoms with Crippen molar-refractivity contribution in [3.8, 4) is 5.75 Å². The molecule has 0 fully saturated rings. The zero-order valence-corrected chi connectivity index (χ0v) is 13.1. The van der Waals surface area contributed by atoms with Gasteiger partial charge in [-0.25, -0.2) is 0 Å². The Balaban J connectivity index is 2.04. The number of hydrogen-bond acceptors (Lipinski definition) is 3. The molecule has 3 nitrogen and oxygen atoms in total. The van der Waals surface area contributed by atoms with E-state index >= 15 is 0 Å². The van der Waals surface area contributed by atoms with E-state index in [0.717, 1.165) is 9.35 Å². The van der Waals surface area contributed by atoms with Gasteiger partial charge in [0.2, 0.25) is 0 Å². The molecule has 0 saturated heterocycles. The Bertz CT molecular complexity index is 583. The van der Waals surface area contributed by atoms with Crippen molar-refractivity contribution < 1.29 is 9.90 Å². The van der Waals surface area contributed by atoms with E-state index < -0.39 is 0 Å². The Kier molecular flexibility index (Phi) is 4.42. The molecule has 0 saturated carbocycles. The van der Waals surface area contributed by atoms with Crippen molar-refractivity contribution in [2.45, 2.75) is 6.54 Å². The van der Waals surface area contributed by atoms with Gasteiger partial charge in [-0.2, -0.15) is 0 Å². The summed E-state index contributed by atoms with van der Waals surface area (Å²) in [6.45, 7) is 0.466. The van der Waals surface area contributed by atoms with E-state index in [-0.39, 0.29) is 11.7 Å². The number of rotatable bonds is 3. The van der Waals surface area contributed by atoms with E-state index in [1.807, 2.05) is 11.4 Å². The summed E-state index contributed by atoms with van der Waals surface area (Å²) in [4.78, 5) is 12.9. The first-order valence-corrected chi connectivity index (χ1v) is 7.53. The lowest BCUT2D eigenvalue weighted by Gasteiger charge is -2.05. The van der Waals surface area contributed by atoms with Gasteiger partial charge in [0, 0.05) is 14.9 Å². The fourth-order valence-electron chi connectivity index (χ4n) is 1.37. The van der Waals surface area contributed by atoms with Crippen molar-refractivity contribution in [3.63, 3.8) is 0 Å². The van der Waals surface area contributed by atoms with Crippen LogP contribution in [0.5, 0.6) is 5.75 Å². The van der Waals surface area contributed by atoms with Crippen LogP contribution in [0.3, 0.4) is 0 Å². The number of hydrogen-bond donors (Lipinski definition) is 2. The molecular weight excluding hydrogens is 382 g/mol. The summed E-state index contributed by atoms with van der Waals surface area (Å²) in [6.07, 6.45) is 0. The summed E-state index contributed by atoms with van der Waals surface area (Å²) in [5.74, 6) is -0.155. The lowest BCUT2D eigenvalue weighted by molar-refractivity contribution is 0.0951. The molecule has 1 heterocycles. The van der Waals surface area contributed by atoms with Crippen molar-refractivity contribution >= 4 is 49.1 Å². The zero-order chi connectivity index (χ0) is 13.1. The highest BCUT2D eigenvalue weighted by Crippen LogP contribution is 2.25. The van der Waals surface area contributed by atoms with E-state index in [1.165, 1.54) is 6.07 Å². The second-order valence-corrected chi connectivity index (χ2v) is 6.25. The molecule has 2 N–H and O–H groups in total. The largest absolute Gasteiger partial charge is 0.507 e. The van der Waals surface area contributed by atoms with Crippen molar-refractivity contribution in [1.82, 2.24) is 5.32 Å². The van der Waals surface area contributed by atoms with E-state index in [9.17, 15) is 9.90 Å². The average molecular weight is 391 g/mol. The third-order valence-electron chi connectivity index (χ3n) is 2.31. The molecule has 0 radical (unpaired) electrons. The number of halogens is 2. The van der Waals surface area contributed by atoms with Gasteiger partial charge in [-0.15, -0.1) is 11.3 Å². The Morgan fingerprint density at radius 1 is 1.28 bits per heavy atom. The Labute approximate surface area is 125 Å². The Morgan fingerprint density at radius 3 is 2.67 bits per heavy atom. The minimum Gasteiger partial charge on any atom is -0.507 e. The van der Waals surface area contributed by atoms with Crippen LogP contribution >= 0.6 is 43.2 Å². The number of aromatic hydroxyl groups is 1. The van der Waals surface area contributed by atoms with Crippen LogP contribution in [-0.2, 0) is 6.54 Å². The van der Waals surface area contributed by atoms with Gasteiger partial charge < -0.3 is 10.4 Å². The van der Waals surface area contributed by atoms with Crippen LogP contribution in [0, 0.1) is 0 Å². The van der Waals surface area contributed by atoms with Crippen LogP contribution < -0.4 is 5.32 Å². The van der Waals surface area contributed by atoms with Gasteiger partial charge in [-0.3, -0.25) is 4.79 Å². The summed E-state index contributed by atoms with van der Waals surface area (Å²) in [5, 5.41) is 14.3. The van der Waals surface area contributed by atoms with E-state index in [4.69, 9.17) is 0 Å². The zero-order valence-electron chi connectivity index (χ0n) is 9.11. The molecule has 0 unspecified atom stereocenters. The predicted octanol–water partition coefficient (Wildman–Crippen LogP) is 3.91. The minimum absolute atomic E-state index is 0.0555. The number of amides is 1. The highest BCUT2D eigenvalue weighted by atomic mass is 79.9. The molecule has 2 rings (SSSR count). The summed E-state index contributed by atoms with van der Waals surface area (Å²) in [7, 11) is 0. The molecule has 0 spiro atoms. The van der Waals surface area contributed by atoms with Gasteiger partial charge >= 0.3 is 0 Å². The fourth-order valence-corrected chi connectivity index (χ4v) is 3.05. The molecule has 6 heteroatoms. The molecule has 18 heavy (non-hydrogen) atoms. The van der Waals surface area contributed by atoms with Crippen LogP contribution in [0.15, 0.2) is 38.6 Å². The quantitative estimate of drug-likeness (QED) is 0.834. The van der Waals surface area contributed by atoms with Crippen LogP contribution in [0.2, 0.25) is 0 Å². The third-order valence-corrected chi connectivity index (χ3v) is 4.91. The van der Waals surface area contributed by atoms with Gasteiger partial charge in [0.15, 0.2) is 0 Å². The molecule has 94 valence electrons. The van der Waals surface area contributed by atoms with Crippen molar-refractivity contribution in [2.75, 3.05) is 0 Å². The monoisotopic (exact) mass is 389 g/mol. The molecule has 0 bridgehead atoms. The first kappa shape index (κ1) is 13.6. The number of thiophene rings is 1. The summed E-state index contributed by atoms with van der Waals surface area (Å²) in [6, 6.07) is 6.68. The number of benzene rings is 1. The van der Waals surface area contributed by atoms with E-state index in [0.29, 0.717) is 16.6 Å². The van der Waals surface area contributed by atoms with Gasteiger partial charge in [0.25, 0.3) is 5.91 Å². The molecule has 1 aromatic heterocycles. The lowest BCUT2D eigenvalue weighted by atomic mass is 10.2. The topological polar surface area (TPSA) is 49.3 Å². The molecule has 0 aliphatic carbocycles. The summed E-state index contributed by atoms with van der Waals surface area (Å²) in [5.41, 5.74) is 0.434. The highest BCUT2D eigenvalue weighted by Gasteiger charge is 2.09. The van der Waals surface area contributed by atoms with Crippen molar-refractivity contribution in [3.05, 3.63) is 49.0 Å². The maximum absolute atomic E-state index is 11.9. The number of carbonyl (C=O) groups excluding carboxylic acids is 1. The first-order valence-electron chi connectivity index (χ1n) is 5.06. The minimum atomic E-state index is -0.210. The van der Waals surface area contributed by atoms with Gasteiger partial charge in [0.1, 0.15) is 5.75 Å². The third kappa shape index (κ3) is 3.13. The number of phenols is 1. The standard InChI is InChI=1S/C12H9Br2NO2S/c13-8-2-1-7(5-10(8)16)12(17)15-6-11-9(14)3-4-18-11/h1-5,16H,6H2,(H,15,17). The number of phenolic OH excluding ortho intramolecular Hbond substituents is 1. The Morgan fingerprint density at radius 2 is 2.06 bits per heavy atom. The highest BCUT2D eigenvalue weighted by molar-refractivity contribution is 9.10. The van der Waals surface area contributed by atoms with Crippen LogP contribution in [-0.4, -0.2) is 11.0 Å². The first-order chi connectivity index (χ1) is 8.58. The second kappa shape index (κ2) is 5.86. The maximum atomic E-state index is 11.9. The van der Waals surface area contributed by atoms with Gasteiger partial charge in [-0.1, -0.05) is 0 Å². The maximum Gasteiger partial charge on any atom is 0.251 e. The molecule has 2 aromatic rings. The van der Waals surface area contributed by atoms with E-state index in [2.05, 4.69) is 37.2 Å². The van der Waals surface area contributed by atoms with Gasteiger partial charge in [0.05, 0.1) is 11.0 Å². The van der Waals surface area contributed by atoms with Crippen molar-refractivity contribution in [1.29, 1.82) is 0 Å². The van der Waals surface area contributed by atoms with E-state index in [1.54, 1.807) is 23.5 Å². The Hall–Kier alpha value is -0.850. The SMILES string of the molecule is O=C(NCc1sccc1Br)c1ccc(Br)c(O)c1. The normalized spacial score (nSPS) is 10.3. The molecule has 0 atom stereocenters. The van der Waals surface area contributed by atoms with Crippen LogP contribution in [0.1, 0.15) is 15.2 Å². The fraction of sp³-hybridized carbons (Fsp3) is 0.0833. The molecule has 1 aromatic carbocycles. The van der Waals surface area contributed by atoms with Crippen LogP contribution in [0.25, 0.3) is 0 Å². The number of carbonyl (C=O) groups is 1. The average Bonchev–Trinajstić information content (AvgIpc) is 2.75. The van der Waals surface area contributed by atoms with Crippen molar-refractivity contribution in [2.24, 2.45) is 0 Å². The molecule has 1 amide bonds. The smallest absolute Gasteiger partial charge is 0.251 e.